The van der Waals surface area contributed by atoms with Crippen LogP contribution in [0.1, 0.15) is 30.6 Å². The number of imide groups is 1. The van der Waals surface area contributed by atoms with Gasteiger partial charge in [0.15, 0.2) is 0 Å². The molecule has 8 heteroatoms. The van der Waals surface area contributed by atoms with E-state index in [1.165, 1.54) is 35.4 Å². The van der Waals surface area contributed by atoms with Gasteiger partial charge in [-0.15, -0.1) is 0 Å². The number of nitrogens with zero attached hydrogens (tertiary/aromatic N) is 3. The Balaban J connectivity index is 1.74. The predicted octanol–water partition coefficient (Wildman–Crippen LogP) is 2.95. The van der Waals surface area contributed by atoms with Gasteiger partial charge in [-0.05, 0) is 49.1 Å². The molecule has 28 heavy (non-hydrogen) atoms. The van der Waals surface area contributed by atoms with Crippen molar-refractivity contribution in [1.82, 2.24) is 9.80 Å². The van der Waals surface area contributed by atoms with Crippen LogP contribution in [0.2, 0.25) is 0 Å². The lowest BCUT2D eigenvalue weighted by atomic mass is 10.0. The molecule has 2 amide bonds. The van der Waals surface area contributed by atoms with Crippen LogP contribution < -0.4 is 0 Å². The summed E-state index contributed by atoms with van der Waals surface area (Å²) in [6, 6.07) is 9.17. The van der Waals surface area contributed by atoms with Gasteiger partial charge in [0.2, 0.25) is 0 Å². The van der Waals surface area contributed by atoms with Crippen LogP contribution in [-0.2, 0) is 16.1 Å². The molecule has 0 atom stereocenters. The molecule has 0 unspecified atom stereocenters. The molecule has 0 bridgehead atoms. The maximum Gasteiger partial charge on any atom is 0.278 e. The van der Waals surface area contributed by atoms with E-state index in [4.69, 9.17) is 4.42 Å². The van der Waals surface area contributed by atoms with E-state index < -0.39 is 10.8 Å². The van der Waals surface area contributed by atoms with Crippen LogP contribution in [0.15, 0.2) is 52.8 Å². The van der Waals surface area contributed by atoms with Crippen molar-refractivity contribution >= 4 is 23.1 Å². The van der Waals surface area contributed by atoms with Gasteiger partial charge in [-0.3, -0.25) is 24.6 Å². The van der Waals surface area contributed by atoms with Crippen LogP contribution in [0, 0.1) is 10.1 Å². The summed E-state index contributed by atoms with van der Waals surface area (Å²) in [5, 5.41) is 10.9. The number of nitro groups is 1. The van der Waals surface area contributed by atoms with Gasteiger partial charge in [-0.2, -0.15) is 0 Å². The highest BCUT2D eigenvalue weighted by molar-refractivity contribution is 6.35. The maximum absolute atomic E-state index is 13.2. The quantitative estimate of drug-likeness (QED) is 0.449. The molecule has 1 aromatic carbocycles. The maximum atomic E-state index is 13.2. The minimum Gasteiger partial charge on any atom is -0.467 e. The molecule has 2 aliphatic rings. The third kappa shape index (κ3) is 3.17. The summed E-state index contributed by atoms with van der Waals surface area (Å²) >= 11 is 0. The van der Waals surface area contributed by atoms with E-state index in [-0.39, 0.29) is 18.1 Å². The Morgan fingerprint density at radius 1 is 1.00 bits per heavy atom. The highest BCUT2D eigenvalue weighted by atomic mass is 16.6. The van der Waals surface area contributed by atoms with Crippen LogP contribution in [0.3, 0.4) is 0 Å². The summed E-state index contributed by atoms with van der Waals surface area (Å²) in [5.41, 5.74) is 1.12. The Kier molecular flexibility index (Phi) is 4.68. The highest BCUT2D eigenvalue weighted by Crippen LogP contribution is 2.34. The minimum absolute atomic E-state index is 0.0541. The number of hydrogen-bond acceptors (Lipinski definition) is 6. The molecular weight excluding hydrogens is 362 g/mol. The number of furan rings is 1. The molecule has 0 saturated carbocycles. The third-order valence-electron chi connectivity index (χ3n) is 5.08. The van der Waals surface area contributed by atoms with Crippen molar-refractivity contribution in [2.45, 2.75) is 25.8 Å². The fraction of sp³-hybridized carbons (Fsp3) is 0.300. The second-order valence-electron chi connectivity index (χ2n) is 6.85. The molecule has 1 saturated heterocycles. The summed E-state index contributed by atoms with van der Waals surface area (Å²) in [5.74, 6) is -0.239. The van der Waals surface area contributed by atoms with Gasteiger partial charge in [-0.1, -0.05) is 0 Å². The summed E-state index contributed by atoms with van der Waals surface area (Å²) in [6.45, 7) is 1.47. The zero-order valence-corrected chi connectivity index (χ0v) is 15.2. The second kappa shape index (κ2) is 7.30. The van der Waals surface area contributed by atoms with Crippen molar-refractivity contribution in [3.05, 3.63) is 69.8 Å². The van der Waals surface area contributed by atoms with Crippen LogP contribution in [0.25, 0.3) is 5.57 Å². The molecule has 144 valence electrons. The van der Waals surface area contributed by atoms with E-state index in [2.05, 4.69) is 0 Å². The van der Waals surface area contributed by atoms with Gasteiger partial charge in [-0.25, -0.2) is 0 Å². The van der Waals surface area contributed by atoms with Crippen LogP contribution in [0.4, 0.5) is 5.69 Å². The number of rotatable bonds is 5. The number of likely N-dealkylation sites (tertiary alicyclic amines) is 1. The van der Waals surface area contributed by atoms with E-state index in [1.54, 1.807) is 12.1 Å². The van der Waals surface area contributed by atoms with E-state index >= 15 is 0 Å². The van der Waals surface area contributed by atoms with Crippen molar-refractivity contribution in [1.29, 1.82) is 0 Å². The van der Waals surface area contributed by atoms with Gasteiger partial charge in [0.25, 0.3) is 17.5 Å². The molecule has 4 rings (SSSR count). The molecule has 3 heterocycles. The zero-order chi connectivity index (χ0) is 19.7. The van der Waals surface area contributed by atoms with Gasteiger partial charge in [0, 0.05) is 25.2 Å². The summed E-state index contributed by atoms with van der Waals surface area (Å²) in [6.07, 6.45) is 4.50. The Labute approximate surface area is 161 Å². The smallest absolute Gasteiger partial charge is 0.278 e. The average molecular weight is 381 g/mol. The lowest BCUT2D eigenvalue weighted by Crippen LogP contribution is -2.36. The SMILES string of the molecule is O=C1C(c2ccc([N+](=O)[O-])cc2)=C(N2CCCCC2)C(=O)N1Cc1ccco1. The minimum atomic E-state index is -0.492. The fourth-order valence-corrected chi connectivity index (χ4v) is 3.69. The lowest BCUT2D eigenvalue weighted by Gasteiger charge is -2.29. The van der Waals surface area contributed by atoms with Gasteiger partial charge >= 0.3 is 0 Å². The largest absolute Gasteiger partial charge is 0.467 e. The molecule has 0 spiro atoms. The van der Waals surface area contributed by atoms with Crippen molar-refractivity contribution in [2.24, 2.45) is 0 Å². The number of hydrogen-bond donors (Lipinski definition) is 0. The molecule has 2 aliphatic heterocycles. The molecule has 0 aliphatic carbocycles. The number of benzene rings is 1. The molecule has 0 radical (unpaired) electrons. The zero-order valence-electron chi connectivity index (χ0n) is 15.2. The average Bonchev–Trinajstić information content (AvgIpc) is 3.31. The van der Waals surface area contributed by atoms with E-state index in [1.807, 2.05) is 4.90 Å². The summed E-state index contributed by atoms with van der Waals surface area (Å²) < 4.78 is 5.30. The summed E-state index contributed by atoms with van der Waals surface area (Å²) in [4.78, 5) is 39.9. The number of nitro benzene ring substituents is 1. The Morgan fingerprint density at radius 3 is 2.32 bits per heavy atom. The molecule has 1 aromatic heterocycles. The number of carbonyl (C=O) groups is 2. The van der Waals surface area contributed by atoms with E-state index in [9.17, 15) is 19.7 Å². The Morgan fingerprint density at radius 2 is 1.71 bits per heavy atom. The standard InChI is InChI=1S/C20H19N3O5/c24-19-17(14-6-8-15(9-7-14)23(26)27)18(21-10-2-1-3-11-21)20(25)22(19)13-16-5-4-12-28-16/h4-9,12H,1-3,10-11,13H2. The number of piperidine rings is 1. The lowest BCUT2D eigenvalue weighted by molar-refractivity contribution is -0.384. The van der Waals surface area contributed by atoms with Crippen molar-refractivity contribution in [3.8, 4) is 0 Å². The Bertz CT molecular complexity index is 941. The summed E-state index contributed by atoms with van der Waals surface area (Å²) in [7, 11) is 0. The van der Waals surface area contributed by atoms with Crippen molar-refractivity contribution in [2.75, 3.05) is 13.1 Å². The first kappa shape index (κ1) is 18.0. The van der Waals surface area contributed by atoms with Crippen LogP contribution in [0.5, 0.6) is 0 Å². The van der Waals surface area contributed by atoms with Crippen LogP contribution in [-0.4, -0.2) is 39.6 Å². The first-order valence-corrected chi connectivity index (χ1v) is 9.19. The van der Waals surface area contributed by atoms with Crippen LogP contribution >= 0.6 is 0 Å². The Hall–Kier alpha value is -3.42. The number of amides is 2. The molecule has 8 nitrogen and oxygen atoms in total. The fourth-order valence-electron chi connectivity index (χ4n) is 3.69. The normalized spacial score (nSPS) is 17.6. The monoisotopic (exact) mass is 381 g/mol. The second-order valence-corrected chi connectivity index (χ2v) is 6.85. The van der Waals surface area contributed by atoms with E-state index in [0.29, 0.717) is 35.7 Å². The van der Waals surface area contributed by atoms with Gasteiger partial charge in [0.05, 0.1) is 23.3 Å². The van der Waals surface area contributed by atoms with Crippen molar-refractivity contribution < 1.29 is 18.9 Å². The van der Waals surface area contributed by atoms with Gasteiger partial charge < -0.3 is 9.32 Å². The predicted molar refractivity (Wildman–Crippen MR) is 99.7 cm³/mol. The molecular formula is C20H19N3O5. The molecule has 1 fully saturated rings. The topological polar surface area (TPSA) is 96.9 Å². The number of carbonyl (C=O) groups excluding carboxylic acids is 2. The highest BCUT2D eigenvalue weighted by Gasteiger charge is 2.42. The third-order valence-corrected chi connectivity index (χ3v) is 5.08. The van der Waals surface area contributed by atoms with Gasteiger partial charge in [0.1, 0.15) is 11.5 Å². The first-order valence-electron chi connectivity index (χ1n) is 9.19. The van der Waals surface area contributed by atoms with E-state index in [0.717, 1.165) is 19.3 Å². The first-order chi connectivity index (χ1) is 13.6. The number of non-ortho nitro benzene ring substituents is 1. The molecule has 2 aromatic rings. The van der Waals surface area contributed by atoms with Crippen molar-refractivity contribution in [3.63, 3.8) is 0 Å². The molecule has 0 N–H and O–H groups in total.